The number of carboxylic acid groups (broad SMARTS) is 1. The zero-order valence-corrected chi connectivity index (χ0v) is 12.7. The quantitative estimate of drug-likeness (QED) is 0.292. The summed E-state index contributed by atoms with van der Waals surface area (Å²) in [5.74, 6) is -1.13. The van der Waals surface area contributed by atoms with E-state index in [9.17, 15) is 14.7 Å². The summed E-state index contributed by atoms with van der Waals surface area (Å²) in [6.45, 7) is 1.84. The number of hydrogen-bond acceptors (Lipinski definition) is 3. The van der Waals surface area contributed by atoms with Gasteiger partial charge in [-0.2, -0.15) is 0 Å². The van der Waals surface area contributed by atoms with Crippen molar-refractivity contribution in [3.8, 4) is 0 Å². The predicted molar refractivity (Wildman–Crippen MR) is 58.4 cm³/mol. The van der Waals surface area contributed by atoms with Crippen LogP contribution >= 0.6 is 0 Å². The molecule has 0 aromatic heterocycles. The fourth-order valence-electron chi connectivity index (χ4n) is 3.46. The molecular formula is C13H14NNaO3. The first-order valence-corrected chi connectivity index (χ1v) is 6.11. The summed E-state index contributed by atoms with van der Waals surface area (Å²) in [5.41, 5.74) is 1.87. The number of fused-ring (bicyclic) bond motifs is 3. The number of amides is 1. The first-order chi connectivity index (χ1) is 8.16. The number of allylic oxidation sites excluding steroid dienone is 1. The zero-order valence-electron chi connectivity index (χ0n) is 10.7. The van der Waals surface area contributed by atoms with Crippen molar-refractivity contribution in [1.29, 1.82) is 0 Å². The van der Waals surface area contributed by atoms with E-state index in [2.05, 4.69) is 0 Å². The molecular weight excluding hydrogens is 241 g/mol. The second-order valence-corrected chi connectivity index (χ2v) is 4.88. The van der Waals surface area contributed by atoms with Gasteiger partial charge in [0.25, 0.3) is 5.91 Å². The van der Waals surface area contributed by atoms with E-state index in [1.807, 2.05) is 13.0 Å². The van der Waals surface area contributed by atoms with E-state index in [4.69, 9.17) is 0 Å². The Morgan fingerprint density at radius 3 is 2.78 bits per heavy atom. The van der Waals surface area contributed by atoms with Crippen LogP contribution in [0, 0.1) is 5.92 Å². The van der Waals surface area contributed by atoms with Crippen LogP contribution in [0.5, 0.6) is 0 Å². The smallest absolute Gasteiger partial charge is 0.543 e. The van der Waals surface area contributed by atoms with Gasteiger partial charge in [-0.25, -0.2) is 0 Å². The van der Waals surface area contributed by atoms with Crippen LogP contribution in [0.2, 0.25) is 0 Å². The van der Waals surface area contributed by atoms with E-state index >= 15 is 0 Å². The van der Waals surface area contributed by atoms with Gasteiger partial charge in [0.15, 0.2) is 0 Å². The molecule has 0 spiro atoms. The fourth-order valence-corrected chi connectivity index (χ4v) is 3.46. The van der Waals surface area contributed by atoms with Gasteiger partial charge in [-0.15, -0.1) is 0 Å². The molecule has 3 aliphatic rings. The van der Waals surface area contributed by atoms with E-state index in [-0.39, 0.29) is 53.1 Å². The SMILES string of the molecule is C/C=C1\C(=O)N2C(C(=O)[O-])=C3CCCC[C@@H]3[C@H]12.[Na+]. The molecule has 4 nitrogen and oxygen atoms in total. The Bertz CT molecular complexity index is 481. The molecule has 1 saturated heterocycles. The molecule has 2 heterocycles. The molecule has 5 heteroatoms. The summed E-state index contributed by atoms with van der Waals surface area (Å²) in [5, 5.41) is 11.2. The molecule has 2 aliphatic heterocycles. The summed E-state index contributed by atoms with van der Waals surface area (Å²) in [4.78, 5) is 24.5. The zero-order chi connectivity index (χ0) is 12.2. The van der Waals surface area contributed by atoms with Crippen LogP contribution in [0.25, 0.3) is 0 Å². The average molecular weight is 255 g/mol. The van der Waals surface area contributed by atoms with Crippen molar-refractivity contribution >= 4 is 11.9 Å². The Morgan fingerprint density at radius 1 is 1.44 bits per heavy atom. The molecule has 0 radical (unpaired) electrons. The number of hydrogen-bond donors (Lipinski definition) is 0. The summed E-state index contributed by atoms with van der Waals surface area (Å²) in [7, 11) is 0. The Kier molecular flexibility index (Phi) is 3.72. The molecule has 0 unspecified atom stereocenters. The summed E-state index contributed by atoms with van der Waals surface area (Å²) in [6.07, 6.45) is 5.73. The molecule has 90 valence electrons. The standard InChI is InChI=1S/C13H15NO3.Na/c1-2-7-10-8-5-3-4-6-9(8)11(13(16)17)14(10)12(7)15;/h2,8,10H,3-6H2,1H3,(H,16,17);/q;+1/p-1/b7-2-;/t8-,10-;/m0./s1. The minimum atomic E-state index is -1.20. The first kappa shape index (κ1) is 13.8. The normalized spacial score (nSPS) is 31.7. The average Bonchev–Trinajstić information content (AvgIpc) is 2.61. The Balaban J connectivity index is 0.00000120. The second-order valence-electron chi connectivity index (χ2n) is 4.88. The largest absolute Gasteiger partial charge is 1.00 e. The maximum atomic E-state index is 11.9. The van der Waals surface area contributed by atoms with Crippen LogP contribution in [0.3, 0.4) is 0 Å². The number of β-lactam (4-membered cyclic amide) rings is 1. The van der Waals surface area contributed by atoms with Gasteiger partial charge in [0.05, 0.1) is 17.7 Å². The van der Waals surface area contributed by atoms with E-state index in [1.54, 1.807) is 0 Å². The van der Waals surface area contributed by atoms with Gasteiger partial charge in [0.2, 0.25) is 0 Å². The third-order valence-electron chi connectivity index (χ3n) is 4.15. The molecule has 0 aromatic carbocycles. The van der Waals surface area contributed by atoms with Gasteiger partial charge in [-0.05, 0) is 31.8 Å². The molecule has 3 rings (SSSR count). The third-order valence-corrected chi connectivity index (χ3v) is 4.15. The molecule has 1 amide bonds. The topological polar surface area (TPSA) is 60.4 Å². The van der Waals surface area contributed by atoms with Crippen molar-refractivity contribution in [2.75, 3.05) is 0 Å². The van der Waals surface area contributed by atoms with Crippen LogP contribution in [0.15, 0.2) is 22.9 Å². The molecule has 0 bridgehead atoms. The van der Waals surface area contributed by atoms with E-state index < -0.39 is 5.97 Å². The molecule has 2 atom stereocenters. The van der Waals surface area contributed by atoms with Gasteiger partial charge in [-0.3, -0.25) is 9.69 Å². The predicted octanol–water partition coefficient (Wildman–Crippen LogP) is -2.64. The Morgan fingerprint density at radius 2 is 2.17 bits per heavy atom. The van der Waals surface area contributed by atoms with E-state index in [0.717, 1.165) is 36.8 Å². The van der Waals surface area contributed by atoms with E-state index in [1.165, 1.54) is 4.90 Å². The van der Waals surface area contributed by atoms with Gasteiger partial charge >= 0.3 is 29.6 Å². The molecule has 0 N–H and O–H groups in total. The number of carbonyl (C=O) groups excluding carboxylic acids is 2. The third kappa shape index (κ3) is 1.63. The number of carbonyl (C=O) groups is 2. The maximum Gasteiger partial charge on any atom is 1.00 e. The van der Waals surface area contributed by atoms with Crippen molar-refractivity contribution in [3.63, 3.8) is 0 Å². The number of rotatable bonds is 1. The summed E-state index contributed by atoms with van der Waals surface area (Å²) < 4.78 is 0. The maximum absolute atomic E-state index is 11.9. The van der Waals surface area contributed by atoms with Gasteiger partial charge in [0, 0.05) is 11.5 Å². The molecule has 18 heavy (non-hydrogen) atoms. The van der Waals surface area contributed by atoms with Crippen molar-refractivity contribution < 1.29 is 44.3 Å². The second kappa shape index (κ2) is 4.83. The Labute approximate surface area is 128 Å². The van der Waals surface area contributed by atoms with Gasteiger partial charge in [0.1, 0.15) is 0 Å². The fraction of sp³-hybridized carbons (Fsp3) is 0.538. The van der Waals surface area contributed by atoms with Gasteiger partial charge in [-0.1, -0.05) is 12.5 Å². The Hall–Kier alpha value is -0.580. The van der Waals surface area contributed by atoms with Crippen molar-refractivity contribution in [1.82, 2.24) is 4.90 Å². The molecule has 2 fully saturated rings. The number of aliphatic carboxylic acids is 1. The van der Waals surface area contributed by atoms with Crippen molar-refractivity contribution in [2.24, 2.45) is 5.92 Å². The molecule has 1 aliphatic carbocycles. The first-order valence-electron chi connectivity index (χ1n) is 6.11. The van der Waals surface area contributed by atoms with Crippen LogP contribution in [-0.4, -0.2) is 22.8 Å². The van der Waals surface area contributed by atoms with Crippen LogP contribution in [0.1, 0.15) is 32.6 Å². The van der Waals surface area contributed by atoms with Crippen LogP contribution in [0.4, 0.5) is 0 Å². The monoisotopic (exact) mass is 255 g/mol. The van der Waals surface area contributed by atoms with Crippen LogP contribution in [-0.2, 0) is 9.59 Å². The van der Waals surface area contributed by atoms with Gasteiger partial charge < -0.3 is 9.90 Å². The summed E-state index contributed by atoms with van der Waals surface area (Å²) in [6, 6.07) is -0.0179. The number of nitrogens with zero attached hydrogens (tertiary/aromatic N) is 1. The van der Waals surface area contributed by atoms with E-state index in [0.29, 0.717) is 0 Å². The number of carboxylic acids is 1. The van der Waals surface area contributed by atoms with Crippen LogP contribution < -0.4 is 34.7 Å². The summed E-state index contributed by atoms with van der Waals surface area (Å²) >= 11 is 0. The van der Waals surface area contributed by atoms with Crippen molar-refractivity contribution in [3.05, 3.63) is 22.9 Å². The molecule has 1 saturated carbocycles. The van der Waals surface area contributed by atoms with Crippen molar-refractivity contribution in [2.45, 2.75) is 38.6 Å². The minimum Gasteiger partial charge on any atom is -0.543 e. The molecule has 0 aromatic rings. The minimum absolute atomic E-state index is 0.